The van der Waals surface area contributed by atoms with E-state index in [4.69, 9.17) is 0 Å². The van der Waals surface area contributed by atoms with Gasteiger partial charge in [0.2, 0.25) is 0 Å². The Bertz CT molecular complexity index is 863. The van der Waals surface area contributed by atoms with Gasteiger partial charge in [0.1, 0.15) is 0 Å². The van der Waals surface area contributed by atoms with Crippen molar-refractivity contribution in [1.82, 2.24) is 10.3 Å². The fraction of sp³-hybridized carbons (Fsp3) is 0.333. The number of anilines is 1. The molecule has 1 aromatic carbocycles. The van der Waals surface area contributed by atoms with E-state index in [1.165, 1.54) is 12.1 Å². The van der Waals surface area contributed by atoms with Gasteiger partial charge in [-0.05, 0) is 52.5 Å². The largest absolute Gasteiger partial charge is 0.416 e. The zero-order chi connectivity index (χ0) is 18.5. The summed E-state index contributed by atoms with van der Waals surface area (Å²) in [6.45, 7) is 0.535. The number of rotatable bonds is 2. The number of hydrogen-bond acceptors (Lipinski definition) is 2. The Labute approximate surface area is 156 Å². The second-order valence-electron chi connectivity index (χ2n) is 6.61. The lowest BCUT2D eigenvalue weighted by atomic mass is 10.0. The highest BCUT2D eigenvalue weighted by Crippen LogP contribution is 2.46. The number of nitrogens with one attached hydrogen (secondary N) is 1. The van der Waals surface area contributed by atoms with Gasteiger partial charge in [0.05, 0.1) is 22.5 Å². The standard InChI is InChI=1S/C18H15BrF3N3O/c19-13-9-15-14(23-10-13)5-8-25(15)16(26)24-17(6-7-17)11-1-3-12(4-2-11)18(20,21)22/h1-4,9-10H,5-8H2,(H,24,26). The second-order valence-corrected chi connectivity index (χ2v) is 7.52. The molecule has 26 heavy (non-hydrogen) atoms. The van der Waals surface area contributed by atoms with Crippen molar-refractivity contribution in [3.05, 3.63) is 57.8 Å². The zero-order valence-corrected chi connectivity index (χ0v) is 15.2. The van der Waals surface area contributed by atoms with E-state index < -0.39 is 17.3 Å². The summed E-state index contributed by atoms with van der Waals surface area (Å²) in [6.07, 6.45) is -0.560. The number of carbonyl (C=O) groups is 1. The molecule has 2 aromatic rings. The lowest BCUT2D eigenvalue weighted by Gasteiger charge is -2.24. The van der Waals surface area contributed by atoms with Gasteiger partial charge in [-0.1, -0.05) is 12.1 Å². The summed E-state index contributed by atoms with van der Waals surface area (Å²) in [6, 6.07) is 6.63. The molecule has 4 nitrogen and oxygen atoms in total. The maximum atomic E-state index is 12.8. The fourth-order valence-electron chi connectivity index (χ4n) is 3.29. The van der Waals surface area contributed by atoms with E-state index in [0.717, 1.165) is 28.0 Å². The first-order valence-electron chi connectivity index (χ1n) is 8.20. The number of alkyl halides is 3. The van der Waals surface area contributed by atoms with Crippen LogP contribution >= 0.6 is 15.9 Å². The van der Waals surface area contributed by atoms with Gasteiger partial charge in [-0.15, -0.1) is 0 Å². The third kappa shape index (κ3) is 3.06. The lowest BCUT2D eigenvalue weighted by molar-refractivity contribution is -0.137. The summed E-state index contributed by atoms with van der Waals surface area (Å²) in [4.78, 5) is 18.7. The van der Waals surface area contributed by atoms with Gasteiger partial charge in [0.15, 0.2) is 0 Å². The van der Waals surface area contributed by atoms with E-state index in [-0.39, 0.29) is 6.03 Å². The first-order valence-corrected chi connectivity index (χ1v) is 9.00. The Hall–Kier alpha value is -2.09. The Morgan fingerprint density at radius 3 is 2.54 bits per heavy atom. The lowest BCUT2D eigenvalue weighted by Crippen LogP contribution is -2.44. The molecule has 4 rings (SSSR count). The van der Waals surface area contributed by atoms with Crippen molar-refractivity contribution >= 4 is 27.6 Å². The van der Waals surface area contributed by atoms with E-state index in [0.29, 0.717) is 31.4 Å². The number of fused-ring (bicyclic) bond motifs is 1. The minimum Gasteiger partial charge on any atom is -0.328 e. The number of amides is 2. The van der Waals surface area contributed by atoms with Gasteiger partial charge >= 0.3 is 12.2 Å². The van der Waals surface area contributed by atoms with Crippen LogP contribution in [0.15, 0.2) is 41.0 Å². The van der Waals surface area contributed by atoms with Crippen LogP contribution in [0.2, 0.25) is 0 Å². The molecule has 0 saturated heterocycles. The Morgan fingerprint density at radius 2 is 1.92 bits per heavy atom. The van der Waals surface area contributed by atoms with Crippen LogP contribution in [0.1, 0.15) is 29.7 Å². The van der Waals surface area contributed by atoms with Crippen LogP contribution < -0.4 is 10.2 Å². The molecule has 8 heteroatoms. The van der Waals surface area contributed by atoms with Crippen LogP contribution in [-0.2, 0) is 18.1 Å². The molecular weight excluding hydrogens is 411 g/mol. The fourth-order valence-corrected chi connectivity index (χ4v) is 3.61. The molecule has 1 N–H and O–H groups in total. The van der Waals surface area contributed by atoms with Crippen LogP contribution in [0, 0.1) is 0 Å². The summed E-state index contributed by atoms with van der Waals surface area (Å²) in [7, 11) is 0. The van der Waals surface area contributed by atoms with Gasteiger partial charge in [-0.3, -0.25) is 9.88 Å². The topological polar surface area (TPSA) is 45.2 Å². The van der Waals surface area contributed by atoms with Crippen molar-refractivity contribution in [2.24, 2.45) is 0 Å². The molecule has 1 fully saturated rings. The van der Waals surface area contributed by atoms with Crippen LogP contribution in [0.5, 0.6) is 0 Å². The molecule has 2 heterocycles. The predicted molar refractivity (Wildman–Crippen MR) is 93.9 cm³/mol. The van der Waals surface area contributed by atoms with Crippen LogP contribution in [-0.4, -0.2) is 17.6 Å². The smallest absolute Gasteiger partial charge is 0.328 e. The number of nitrogens with zero attached hydrogens (tertiary/aromatic N) is 2. The normalized spacial score (nSPS) is 17.8. The van der Waals surface area contributed by atoms with E-state index in [1.807, 2.05) is 6.07 Å². The second kappa shape index (κ2) is 5.97. The molecule has 2 amide bonds. The van der Waals surface area contributed by atoms with Crippen molar-refractivity contribution in [2.45, 2.75) is 31.0 Å². The summed E-state index contributed by atoms with van der Waals surface area (Å²) in [5.41, 5.74) is 1.06. The van der Waals surface area contributed by atoms with E-state index >= 15 is 0 Å². The Kier molecular flexibility index (Phi) is 3.98. The number of hydrogen-bond donors (Lipinski definition) is 1. The summed E-state index contributed by atoms with van der Waals surface area (Å²) >= 11 is 3.36. The highest BCUT2D eigenvalue weighted by atomic mass is 79.9. The number of pyridine rings is 1. The molecule has 1 aliphatic carbocycles. The van der Waals surface area contributed by atoms with E-state index in [1.54, 1.807) is 11.1 Å². The average Bonchev–Trinajstić information content (AvgIpc) is 3.25. The molecule has 136 valence electrons. The molecule has 1 saturated carbocycles. The van der Waals surface area contributed by atoms with Crippen molar-refractivity contribution < 1.29 is 18.0 Å². The van der Waals surface area contributed by atoms with Crippen LogP contribution in [0.25, 0.3) is 0 Å². The van der Waals surface area contributed by atoms with Crippen LogP contribution in [0.3, 0.4) is 0 Å². The van der Waals surface area contributed by atoms with E-state index in [2.05, 4.69) is 26.2 Å². The highest BCUT2D eigenvalue weighted by Gasteiger charge is 2.47. The van der Waals surface area contributed by atoms with Crippen LogP contribution in [0.4, 0.5) is 23.7 Å². The number of urea groups is 1. The van der Waals surface area contributed by atoms with Crippen molar-refractivity contribution in [3.63, 3.8) is 0 Å². The molecule has 1 aromatic heterocycles. The summed E-state index contributed by atoms with van der Waals surface area (Å²) < 4.78 is 39.0. The van der Waals surface area contributed by atoms with Gasteiger partial charge in [0.25, 0.3) is 0 Å². The minimum atomic E-state index is -4.36. The van der Waals surface area contributed by atoms with Gasteiger partial charge in [-0.2, -0.15) is 13.2 Å². The molecule has 0 spiro atoms. The average molecular weight is 426 g/mol. The summed E-state index contributed by atoms with van der Waals surface area (Å²) in [5.74, 6) is 0. The molecule has 0 unspecified atom stereocenters. The molecule has 1 aliphatic heterocycles. The van der Waals surface area contributed by atoms with Gasteiger partial charge in [-0.25, -0.2) is 4.79 Å². The maximum absolute atomic E-state index is 12.8. The minimum absolute atomic E-state index is 0.249. The predicted octanol–water partition coefficient (Wildman–Crippen LogP) is 4.62. The number of carbonyl (C=O) groups excluding carboxylic acids is 1. The molecule has 2 aliphatic rings. The summed E-state index contributed by atoms with van der Waals surface area (Å²) in [5, 5.41) is 3.01. The first-order chi connectivity index (χ1) is 12.3. The molecular formula is C18H15BrF3N3O. The molecule has 0 bridgehead atoms. The maximum Gasteiger partial charge on any atom is 0.416 e. The first kappa shape index (κ1) is 17.3. The van der Waals surface area contributed by atoms with Gasteiger partial charge < -0.3 is 5.32 Å². The zero-order valence-electron chi connectivity index (χ0n) is 13.6. The third-order valence-corrected chi connectivity index (χ3v) is 5.32. The van der Waals surface area contributed by atoms with Crippen molar-refractivity contribution in [2.75, 3.05) is 11.4 Å². The van der Waals surface area contributed by atoms with Crippen molar-refractivity contribution in [3.8, 4) is 0 Å². The number of halogens is 4. The van der Waals surface area contributed by atoms with Crippen molar-refractivity contribution in [1.29, 1.82) is 0 Å². The third-order valence-electron chi connectivity index (χ3n) is 4.88. The van der Waals surface area contributed by atoms with E-state index in [9.17, 15) is 18.0 Å². The molecule has 0 atom stereocenters. The quantitative estimate of drug-likeness (QED) is 0.762. The SMILES string of the molecule is O=C(NC1(c2ccc(C(F)(F)F)cc2)CC1)N1CCc2ncc(Br)cc21. The Balaban J connectivity index is 1.53. The highest BCUT2D eigenvalue weighted by molar-refractivity contribution is 9.10. The monoisotopic (exact) mass is 425 g/mol. The number of aromatic nitrogens is 1. The van der Waals surface area contributed by atoms with Gasteiger partial charge in [0, 0.05) is 23.6 Å². The Morgan fingerprint density at radius 1 is 1.23 bits per heavy atom. The molecule has 0 radical (unpaired) electrons. The number of benzene rings is 1.